The summed E-state index contributed by atoms with van der Waals surface area (Å²) in [6.45, 7) is 7.73. The molecule has 2 rings (SSSR count). The second-order valence-electron chi connectivity index (χ2n) is 4.84. The molecule has 1 saturated heterocycles. The molecule has 1 fully saturated rings. The van der Waals surface area contributed by atoms with Gasteiger partial charge in [-0.05, 0) is 39.9 Å². The van der Waals surface area contributed by atoms with Gasteiger partial charge in [0, 0.05) is 12.5 Å². The van der Waals surface area contributed by atoms with Crippen molar-refractivity contribution in [2.45, 2.75) is 38.6 Å². The standard InChI is InChI=1S/C13H23N3O/c1-4-16-7-5-6-11(9-16)13-15-8-12(17-13)10(2)14-3/h8,10-11,14H,4-7,9H2,1-3H3. The Hall–Kier alpha value is -0.870. The molecule has 2 atom stereocenters. The van der Waals surface area contributed by atoms with Crippen LogP contribution >= 0.6 is 0 Å². The second-order valence-corrected chi connectivity index (χ2v) is 4.84. The van der Waals surface area contributed by atoms with Gasteiger partial charge < -0.3 is 14.6 Å². The highest BCUT2D eigenvalue weighted by Crippen LogP contribution is 2.27. The summed E-state index contributed by atoms with van der Waals surface area (Å²) in [5, 5.41) is 3.17. The van der Waals surface area contributed by atoms with Crippen molar-refractivity contribution < 1.29 is 4.42 Å². The minimum Gasteiger partial charge on any atom is -0.444 e. The van der Waals surface area contributed by atoms with Gasteiger partial charge in [-0.2, -0.15) is 0 Å². The average molecular weight is 237 g/mol. The molecule has 4 nitrogen and oxygen atoms in total. The lowest BCUT2D eigenvalue weighted by Gasteiger charge is -2.30. The van der Waals surface area contributed by atoms with E-state index < -0.39 is 0 Å². The summed E-state index contributed by atoms with van der Waals surface area (Å²) in [5.74, 6) is 2.33. The van der Waals surface area contributed by atoms with E-state index >= 15 is 0 Å². The molecule has 17 heavy (non-hydrogen) atoms. The summed E-state index contributed by atoms with van der Waals surface area (Å²) in [6, 6.07) is 0.238. The molecule has 1 aromatic heterocycles. The minimum absolute atomic E-state index is 0.238. The molecule has 1 aliphatic rings. The van der Waals surface area contributed by atoms with Gasteiger partial charge in [0.25, 0.3) is 0 Å². The zero-order valence-corrected chi connectivity index (χ0v) is 11.1. The van der Waals surface area contributed by atoms with Crippen LogP contribution in [0.15, 0.2) is 10.6 Å². The number of rotatable bonds is 4. The Morgan fingerprint density at radius 3 is 3.18 bits per heavy atom. The Morgan fingerprint density at radius 1 is 1.65 bits per heavy atom. The molecule has 1 N–H and O–H groups in total. The Balaban J connectivity index is 2.04. The fraction of sp³-hybridized carbons (Fsp3) is 0.769. The monoisotopic (exact) mass is 237 g/mol. The third-order valence-corrected chi connectivity index (χ3v) is 3.70. The maximum atomic E-state index is 5.87. The van der Waals surface area contributed by atoms with Gasteiger partial charge in [-0.15, -0.1) is 0 Å². The third-order valence-electron chi connectivity index (χ3n) is 3.70. The number of hydrogen-bond donors (Lipinski definition) is 1. The molecule has 1 aromatic rings. The fourth-order valence-electron chi connectivity index (χ4n) is 2.38. The first kappa shape index (κ1) is 12.6. The van der Waals surface area contributed by atoms with Crippen LogP contribution in [0.1, 0.15) is 50.3 Å². The number of likely N-dealkylation sites (N-methyl/N-ethyl adjacent to an activating group) is 1. The van der Waals surface area contributed by atoms with Crippen molar-refractivity contribution >= 4 is 0 Å². The predicted octanol–water partition coefficient (Wildman–Crippen LogP) is 2.15. The molecular formula is C13H23N3O. The molecule has 2 unspecified atom stereocenters. The van der Waals surface area contributed by atoms with Gasteiger partial charge in [-0.1, -0.05) is 6.92 Å². The van der Waals surface area contributed by atoms with Gasteiger partial charge in [-0.3, -0.25) is 0 Å². The summed E-state index contributed by atoms with van der Waals surface area (Å²) >= 11 is 0. The van der Waals surface area contributed by atoms with Crippen molar-refractivity contribution in [3.8, 4) is 0 Å². The van der Waals surface area contributed by atoms with Crippen LogP contribution in [-0.4, -0.2) is 36.6 Å². The first-order valence-electron chi connectivity index (χ1n) is 6.59. The number of oxazole rings is 1. The topological polar surface area (TPSA) is 41.3 Å². The van der Waals surface area contributed by atoms with E-state index in [-0.39, 0.29) is 6.04 Å². The van der Waals surface area contributed by atoms with Gasteiger partial charge in [0.05, 0.1) is 12.2 Å². The first-order valence-corrected chi connectivity index (χ1v) is 6.59. The van der Waals surface area contributed by atoms with E-state index in [9.17, 15) is 0 Å². The highest BCUT2D eigenvalue weighted by molar-refractivity contribution is 5.04. The van der Waals surface area contributed by atoms with Gasteiger partial charge >= 0.3 is 0 Å². The smallest absolute Gasteiger partial charge is 0.198 e. The molecule has 0 aliphatic carbocycles. The van der Waals surface area contributed by atoms with Crippen molar-refractivity contribution in [1.82, 2.24) is 15.2 Å². The highest BCUT2D eigenvalue weighted by Gasteiger charge is 2.24. The largest absolute Gasteiger partial charge is 0.444 e. The Kier molecular flexibility index (Phi) is 4.18. The van der Waals surface area contributed by atoms with Crippen LogP contribution in [-0.2, 0) is 0 Å². The number of aromatic nitrogens is 1. The van der Waals surface area contributed by atoms with Crippen LogP contribution in [0.2, 0.25) is 0 Å². The maximum absolute atomic E-state index is 5.87. The van der Waals surface area contributed by atoms with Gasteiger partial charge in [0.1, 0.15) is 5.76 Å². The van der Waals surface area contributed by atoms with E-state index in [0.717, 1.165) is 24.7 Å². The first-order chi connectivity index (χ1) is 8.24. The van der Waals surface area contributed by atoms with E-state index in [1.54, 1.807) is 0 Å². The molecule has 0 radical (unpaired) electrons. The van der Waals surface area contributed by atoms with Crippen molar-refractivity contribution in [1.29, 1.82) is 0 Å². The number of nitrogens with zero attached hydrogens (tertiary/aromatic N) is 2. The van der Waals surface area contributed by atoms with Gasteiger partial charge in [0.15, 0.2) is 5.89 Å². The number of nitrogens with one attached hydrogen (secondary N) is 1. The van der Waals surface area contributed by atoms with Crippen LogP contribution in [0.25, 0.3) is 0 Å². The molecule has 4 heteroatoms. The highest BCUT2D eigenvalue weighted by atomic mass is 16.4. The fourth-order valence-corrected chi connectivity index (χ4v) is 2.38. The van der Waals surface area contributed by atoms with Crippen LogP contribution < -0.4 is 5.32 Å². The Bertz CT molecular complexity index is 350. The third kappa shape index (κ3) is 2.87. The van der Waals surface area contributed by atoms with Crippen LogP contribution in [0.5, 0.6) is 0 Å². The van der Waals surface area contributed by atoms with E-state index in [0.29, 0.717) is 5.92 Å². The van der Waals surface area contributed by atoms with Crippen molar-refractivity contribution in [2.24, 2.45) is 0 Å². The zero-order valence-electron chi connectivity index (χ0n) is 11.1. The molecular weight excluding hydrogens is 214 g/mol. The van der Waals surface area contributed by atoms with Crippen LogP contribution in [0, 0.1) is 0 Å². The molecule has 2 heterocycles. The van der Waals surface area contributed by atoms with E-state index in [1.807, 2.05) is 13.2 Å². The summed E-state index contributed by atoms with van der Waals surface area (Å²) < 4.78 is 5.87. The average Bonchev–Trinajstić information content (AvgIpc) is 2.87. The van der Waals surface area contributed by atoms with Crippen LogP contribution in [0.3, 0.4) is 0 Å². The molecule has 1 aliphatic heterocycles. The Morgan fingerprint density at radius 2 is 2.47 bits per heavy atom. The molecule has 96 valence electrons. The molecule has 0 spiro atoms. The summed E-state index contributed by atoms with van der Waals surface area (Å²) in [6.07, 6.45) is 4.31. The summed E-state index contributed by atoms with van der Waals surface area (Å²) in [4.78, 5) is 6.92. The molecule has 0 bridgehead atoms. The van der Waals surface area contributed by atoms with Crippen molar-refractivity contribution in [3.05, 3.63) is 17.8 Å². The summed E-state index contributed by atoms with van der Waals surface area (Å²) in [5.41, 5.74) is 0. The molecule has 0 aromatic carbocycles. The minimum atomic E-state index is 0.238. The lowest BCUT2D eigenvalue weighted by Crippen LogP contribution is -2.34. The van der Waals surface area contributed by atoms with Gasteiger partial charge in [-0.25, -0.2) is 4.98 Å². The quantitative estimate of drug-likeness (QED) is 0.871. The number of hydrogen-bond acceptors (Lipinski definition) is 4. The molecule has 0 amide bonds. The second kappa shape index (κ2) is 5.65. The van der Waals surface area contributed by atoms with Crippen molar-refractivity contribution in [2.75, 3.05) is 26.7 Å². The normalized spacial score (nSPS) is 23.8. The lowest BCUT2D eigenvalue weighted by atomic mass is 9.98. The van der Waals surface area contributed by atoms with Crippen molar-refractivity contribution in [3.63, 3.8) is 0 Å². The SMILES string of the molecule is CCN1CCCC(c2ncc(C(C)NC)o2)C1. The maximum Gasteiger partial charge on any atom is 0.198 e. The number of piperidine rings is 1. The van der Waals surface area contributed by atoms with Crippen LogP contribution in [0.4, 0.5) is 0 Å². The number of likely N-dealkylation sites (tertiary alicyclic amines) is 1. The Labute approximate surface area is 103 Å². The lowest BCUT2D eigenvalue weighted by molar-refractivity contribution is 0.199. The van der Waals surface area contributed by atoms with E-state index in [2.05, 4.69) is 29.0 Å². The zero-order chi connectivity index (χ0) is 12.3. The molecule has 0 saturated carbocycles. The predicted molar refractivity (Wildman–Crippen MR) is 68.1 cm³/mol. The van der Waals surface area contributed by atoms with E-state index in [4.69, 9.17) is 4.42 Å². The van der Waals surface area contributed by atoms with E-state index in [1.165, 1.54) is 19.4 Å². The summed E-state index contributed by atoms with van der Waals surface area (Å²) in [7, 11) is 1.94. The van der Waals surface area contributed by atoms with Gasteiger partial charge in [0.2, 0.25) is 0 Å².